The first-order valence-corrected chi connectivity index (χ1v) is 12.2. The van der Waals surface area contributed by atoms with Crippen molar-refractivity contribution in [3.63, 3.8) is 0 Å². The first-order valence-electron chi connectivity index (χ1n) is 12.2. The molecule has 5 rings (SSSR count). The van der Waals surface area contributed by atoms with Crippen LogP contribution < -0.4 is 10.7 Å². The number of aromatic hydroxyl groups is 1. The van der Waals surface area contributed by atoms with E-state index in [1.807, 2.05) is 6.92 Å². The maximum absolute atomic E-state index is 14.2. The van der Waals surface area contributed by atoms with E-state index < -0.39 is 35.0 Å². The fraction of sp³-hybridized carbons (Fsp3) is 0.100. The summed E-state index contributed by atoms with van der Waals surface area (Å²) in [6.45, 7) is 3.61. The molecule has 0 bridgehead atoms. The molecule has 4 aromatic rings. The fourth-order valence-corrected chi connectivity index (χ4v) is 4.61. The minimum atomic E-state index is -4.69. The van der Waals surface area contributed by atoms with Gasteiger partial charge in [-0.2, -0.15) is 18.3 Å². The Morgan fingerprint density at radius 1 is 0.927 bits per heavy atom. The Labute approximate surface area is 230 Å². The van der Waals surface area contributed by atoms with E-state index in [4.69, 9.17) is 5.11 Å². The van der Waals surface area contributed by atoms with Crippen LogP contribution in [0.15, 0.2) is 71.8 Å². The summed E-state index contributed by atoms with van der Waals surface area (Å²) in [4.78, 5) is 24.0. The van der Waals surface area contributed by atoms with Gasteiger partial charge in [-0.05, 0) is 66.4 Å². The normalized spacial score (nSPS) is 13.7. The molecule has 0 fully saturated rings. The Kier molecular flexibility index (Phi) is 6.74. The minimum Gasteiger partial charge on any atom is -0.505 e. The van der Waals surface area contributed by atoms with E-state index in [-0.39, 0.29) is 50.7 Å². The summed E-state index contributed by atoms with van der Waals surface area (Å²) in [6.07, 6.45) is -4.69. The third-order valence-electron chi connectivity index (χ3n) is 6.85. The van der Waals surface area contributed by atoms with Crippen LogP contribution in [-0.4, -0.2) is 27.8 Å². The number of aromatic carboxylic acids is 1. The Hall–Kier alpha value is -5.19. The molecule has 0 atom stereocenters. The van der Waals surface area contributed by atoms with Crippen LogP contribution in [0.3, 0.4) is 0 Å². The van der Waals surface area contributed by atoms with Gasteiger partial charge in [-0.25, -0.2) is 9.18 Å². The molecular formula is C30H21F4N3O4. The van der Waals surface area contributed by atoms with Gasteiger partial charge in [0.15, 0.2) is 5.71 Å². The van der Waals surface area contributed by atoms with Crippen LogP contribution in [0.4, 0.5) is 28.9 Å². The number of hydrogen-bond acceptors (Lipinski definition) is 5. The van der Waals surface area contributed by atoms with Crippen molar-refractivity contribution < 1.29 is 37.4 Å². The number of nitrogens with zero attached hydrogens (tertiary/aromatic N) is 1. The molecule has 0 saturated heterocycles. The van der Waals surface area contributed by atoms with Crippen LogP contribution >= 0.6 is 0 Å². The molecule has 0 spiro atoms. The third kappa shape index (κ3) is 4.97. The van der Waals surface area contributed by atoms with Crippen LogP contribution in [0, 0.1) is 19.7 Å². The van der Waals surface area contributed by atoms with Crippen molar-refractivity contribution in [1.82, 2.24) is 0 Å². The second kappa shape index (κ2) is 10.1. The first kappa shape index (κ1) is 27.4. The van der Waals surface area contributed by atoms with E-state index in [0.29, 0.717) is 0 Å². The number of anilines is 2. The molecule has 0 saturated carbocycles. The Balaban J connectivity index is 1.55. The zero-order valence-electron chi connectivity index (χ0n) is 21.5. The van der Waals surface area contributed by atoms with Gasteiger partial charge in [-0.1, -0.05) is 36.4 Å². The number of rotatable bonds is 5. The SMILES string of the molecule is Cc1ccc(-c2c(C(F)(F)F)ccc3c2NC(=O)C3=NNc2cccc(-c3ccc(C(=O)O)c(F)c3)c2O)cc1C. The Bertz CT molecular complexity index is 1780. The molecule has 1 aliphatic rings. The topological polar surface area (TPSA) is 111 Å². The number of phenolic OH excluding ortho intramolecular Hbond substituents is 1. The number of amides is 1. The molecule has 41 heavy (non-hydrogen) atoms. The molecule has 0 unspecified atom stereocenters. The van der Waals surface area contributed by atoms with Crippen LogP contribution in [0.25, 0.3) is 22.3 Å². The summed E-state index contributed by atoms with van der Waals surface area (Å²) < 4.78 is 56.3. The van der Waals surface area contributed by atoms with Crippen molar-refractivity contribution >= 4 is 29.0 Å². The highest BCUT2D eigenvalue weighted by molar-refractivity contribution is 6.54. The highest BCUT2D eigenvalue weighted by atomic mass is 19.4. The second-order valence-corrected chi connectivity index (χ2v) is 9.44. The Morgan fingerprint density at radius 2 is 1.66 bits per heavy atom. The van der Waals surface area contributed by atoms with Crippen LogP contribution in [-0.2, 0) is 11.0 Å². The molecular weight excluding hydrogens is 542 g/mol. The monoisotopic (exact) mass is 563 g/mol. The molecule has 11 heteroatoms. The van der Waals surface area contributed by atoms with Crippen molar-refractivity contribution in [3.8, 4) is 28.0 Å². The lowest BCUT2D eigenvalue weighted by Gasteiger charge is -2.17. The van der Waals surface area contributed by atoms with E-state index in [0.717, 1.165) is 35.4 Å². The molecule has 0 aliphatic carbocycles. The van der Waals surface area contributed by atoms with Gasteiger partial charge in [0, 0.05) is 16.7 Å². The number of alkyl halides is 3. The average molecular weight is 564 g/mol. The van der Waals surface area contributed by atoms with Gasteiger partial charge in [-0.15, -0.1) is 0 Å². The number of fused-ring (bicyclic) bond motifs is 1. The van der Waals surface area contributed by atoms with Crippen LogP contribution in [0.2, 0.25) is 0 Å². The van der Waals surface area contributed by atoms with Crippen molar-refractivity contribution in [2.45, 2.75) is 20.0 Å². The highest BCUT2D eigenvalue weighted by Crippen LogP contribution is 2.45. The van der Waals surface area contributed by atoms with Crippen molar-refractivity contribution in [3.05, 3.63) is 100 Å². The molecule has 4 aromatic carbocycles. The molecule has 1 amide bonds. The lowest BCUT2D eigenvalue weighted by atomic mass is 9.92. The van der Waals surface area contributed by atoms with Gasteiger partial charge >= 0.3 is 12.1 Å². The van der Waals surface area contributed by atoms with E-state index >= 15 is 0 Å². The van der Waals surface area contributed by atoms with E-state index in [9.17, 15) is 32.3 Å². The highest BCUT2D eigenvalue weighted by Gasteiger charge is 2.39. The van der Waals surface area contributed by atoms with E-state index in [2.05, 4.69) is 15.8 Å². The molecule has 1 heterocycles. The number of hydrazone groups is 1. The number of carboxylic acid groups (broad SMARTS) is 1. The number of aryl methyl sites for hydroxylation is 2. The maximum Gasteiger partial charge on any atom is 0.417 e. The summed E-state index contributed by atoms with van der Waals surface area (Å²) in [6, 6.07) is 14.7. The lowest BCUT2D eigenvalue weighted by Crippen LogP contribution is -2.16. The van der Waals surface area contributed by atoms with Gasteiger partial charge in [0.1, 0.15) is 11.6 Å². The number of benzene rings is 4. The summed E-state index contributed by atoms with van der Waals surface area (Å²) in [5.41, 5.74) is 3.11. The van der Waals surface area contributed by atoms with Crippen molar-refractivity contribution in [1.29, 1.82) is 0 Å². The van der Waals surface area contributed by atoms with E-state index in [1.54, 1.807) is 25.1 Å². The van der Waals surface area contributed by atoms with Crippen LogP contribution in [0.1, 0.15) is 32.6 Å². The van der Waals surface area contributed by atoms with E-state index in [1.165, 1.54) is 24.3 Å². The maximum atomic E-state index is 14.2. The molecule has 1 aliphatic heterocycles. The largest absolute Gasteiger partial charge is 0.505 e. The number of hydrogen-bond donors (Lipinski definition) is 4. The number of phenols is 1. The standard InChI is InChI=1S/C30H21F4N3O4/c1-14-6-7-17(12-15(14)2)24-21(30(32,33)34)11-10-20-25(24)35-28(39)26(20)37-36-23-5-3-4-18(27(23)38)16-8-9-19(29(40)41)22(31)13-16/h3-13,36,38H,1-2H3,(H,40,41)(H,35,37,39). The number of carbonyl (C=O) groups excluding carboxylic acids is 1. The summed E-state index contributed by atoms with van der Waals surface area (Å²) in [5, 5.41) is 26.5. The summed E-state index contributed by atoms with van der Waals surface area (Å²) in [5.74, 6) is -3.56. The quantitative estimate of drug-likeness (QED) is 0.119. The van der Waals surface area contributed by atoms with Gasteiger partial charge in [-0.3, -0.25) is 10.2 Å². The minimum absolute atomic E-state index is 0.0141. The zero-order chi connectivity index (χ0) is 29.6. The second-order valence-electron chi connectivity index (χ2n) is 9.44. The van der Waals surface area contributed by atoms with Crippen molar-refractivity contribution in [2.75, 3.05) is 10.7 Å². The summed E-state index contributed by atoms with van der Waals surface area (Å²) in [7, 11) is 0. The van der Waals surface area contributed by atoms with Gasteiger partial charge in [0.25, 0.3) is 5.91 Å². The van der Waals surface area contributed by atoms with Crippen LogP contribution in [0.5, 0.6) is 5.75 Å². The summed E-state index contributed by atoms with van der Waals surface area (Å²) >= 11 is 0. The number of nitrogens with one attached hydrogen (secondary N) is 2. The molecule has 4 N–H and O–H groups in total. The predicted molar refractivity (Wildman–Crippen MR) is 146 cm³/mol. The number of carbonyl (C=O) groups is 2. The Morgan fingerprint density at radius 3 is 2.32 bits per heavy atom. The van der Waals surface area contributed by atoms with Gasteiger partial charge in [0.2, 0.25) is 0 Å². The number of carboxylic acids is 1. The first-order chi connectivity index (χ1) is 19.4. The third-order valence-corrected chi connectivity index (χ3v) is 6.85. The zero-order valence-corrected chi connectivity index (χ0v) is 21.5. The molecule has 0 aromatic heterocycles. The van der Waals surface area contributed by atoms with Crippen molar-refractivity contribution in [2.24, 2.45) is 5.10 Å². The molecule has 7 nitrogen and oxygen atoms in total. The lowest BCUT2D eigenvalue weighted by molar-refractivity contribution is -0.137. The average Bonchev–Trinajstić information content (AvgIpc) is 3.23. The molecule has 0 radical (unpaired) electrons. The van der Waals surface area contributed by atoms with Gasteiger partial charge in [0.05, 0.1) is 22.5 Å². The molecule has 208 valence electrons. The number of para-hydroxylation sites is 1. The van der Waals surface area contributed by atoms with Gasteiger partial charge < -0.3 is 15.5 Å². The predicted octanol–water partition coefficient (Wildman–Crippen LogP) is 6.97. The smallest absolute Gasteiger partial charge is 0.417 e. The fourth-order valence-electron chi connectivity index (χ4n) is 4.61. The number of halogens is 4.